The van der Waals surface area contributed by atoms with Gasteiger partial charge in [-0.25, -0.2) is 9.97 Å². The molecule has 1 unspecified atom stereocenters. The highest BCUT2D eigenvalue weighted by atomic mass is 16.5. The number of ether oxygens (including phenoxy) is 1. The Morgan fingerprint density at radius 3 is 2.83 bits per heavy atom. The molecule has 1 rings (SSSR count). The smallest absolute Gasteiger partial charge is 0.224 e. The summed E-state index contributed by atoms with van der Waals surface area (Å²) in [5.41, 5.74) is 5.70. The zero-order valence-electron chi connectivity index (χ0n) is 11.1. The van der Waals surface area contributed by atoms with Crippen molar-refractivity contribution in [1.82, 2.24) is 15.3 Å². The summed E-state index contributed by atoms with van der Waals surface area (Å²) in [4.78, 5) is 21.3. The molecule has 1 heterocycles. The summed E-state index contributed by atoms with van der Waals surface area (Å²) in [5, 5.41) is 2.61. The third-order valence-corrected chi connectivity index (χ3v) is 2.62. The van der Waals surface area contributed by atoms with E-state index in [1.807, 2.05) is 18.9 Å². The molecule has 1 amide bonds. The lowest BCUT2D eigenvalue weighted by Crippen LogP contribution is -2.34. The van der Waals surface area contributed by atoms with Crippen LogP contribution in [0, 0.1) is 5.92 Å². The van der Waals surface area contributed by atoms with Crippen molar-refractivity contribution in [2.45, 2.75) is 6.92 Å². The number of anilines is 2. The minimum Gasteiger partial charge on any atom is -0.490 e. The van der Waals surface area contributed by atoms with E-state index in [4.69, 9.17) is 10.5 Å². The van der Waals surface area contributed by atoms with Crippen molar-refractivity contribution in [3.8, 4) is 5.75 Å². The van der Waals surface area contributed by atoms with Crippen molar-refractivity contribution in [2.75, 3.05) is 38.4 Å². The van der Waals surface area contributed by atoms with Gasteiger partial charge in [0, 0.05) is 20.6 Å². The zero-order valence-corrected chi connectivity index (χ0v) is 11.1. The molecular weight excluding hydrogens is 234 g/mol. The Hall–Kier alpha value is -2.05. The number of amides is 1. The molecule has 7 heteroatoms. The van der Waals surface area contributed by atoms with Gasteiger partial charge in [0.1, 0.15) is 6.33 Å². The molecule has 0 aliphatic heterocycles. The molecule has 1 atom stereocenters. The second-order valence-corrected chi connectivity index (χ2v) is 4.01. The summed E-state index contributed by atoms with van der Waals surface area (Å²) in [6.45, 7) is 2.35. The molecule has 0 radical (unpaired) electrons. The van der Waals surface area contributed by atoms with Gasteiger partial charge in [-0.15, -0.1) is 0 Å². The van der Waals surface area contributed by atoms with Gasteiger partial charge in [0.2, 0.25) is 11.7 Å². The van der Waals surface area contributed by atoms with Crippen LogP contribution in [0.1, 0.15) is 6.92 Å². The number of carbonyl (C=O) groups is 1. The van der Waals surface area contributed by atoms with Gasteiger partial charge in [-0.2, -0.15) is 0 Å². The van der Waals surface area contributed by atoms with Crippen molar-refractivity contribution in [1.29, 1.82) is 0 Å². The van der Waals surface area contributed by atoms with Gasteiger partial charge >= 0.3 is 0 Å². The molecule has 0 fully saturated rings. The number of nitrogen functional groups attached to an aromatic ring is 1. The Labute approximate surface area is 106 Å². The number of nitrogens with zero attached hydrogens (tertiary/aromatic N) is 3. The third-order valence-electron chi connectivity index (χ3n) is 2.62. The number of hydrogen-bond acceptors (Lipinski definition) is 6. The number of methoxy groups -OCH3 is 1. The predicted octanol–water partition coefficient (Wildman–Crippen LogP) is -0.114. The quantitative estimate of drug-likeness (QED) is 0.760. The van der Waals surface area contributed by atoms with Crippen molar-refractivity contribution in [2.24, 2.45) is 5.92 Å². The van der Waals surface area contributed by atoms with Gasteiger partial charge in [0.15, 0.2) is 11.6 Å². The molecule has 0 spiro atoms. The number of nitrogens with two attached hydrogens (primary N) is 1. The maximum atomic E-state index is 11.5. The summed E-state index contributed by atoms with van der Waals surface area (Å²) in [7, 11) is 4.94. The first kappa shape index (κ1) is 14.0. The Bertz CT molecular complexity index is 424. The molecular formula is C11H19N5O2. The fourth-order valence-corrected chi connectivity index (χ4v) is 1.67. The number of rotatable bonds is 5. The van der Waals surface area contributed by atoms with Gasteiger partial charge in [-0.05, 0) is 0 Å². The molecule has 1 aromatic rings. The molecule has 18 heavy (non-hydrogen) atoms. The average molecular weight is 253 g/mol. The lowest BCUT2D eigenvalue weighted by atomic mass is 10.1. The van der Waals surface area contributed by atoms with Crippen LogP contribution in [0.3, 0.4) is 0 Å². The van der Waals surface area contributed by atoms with Crippen LogP contribution in [0.25, 0.3) is 0 Å². The normalized spacial score (nSPS) is 11.8. The Morgan fingerprint density at radius 1 is 1.61 bits per heavy atom. The number of carbonyl (C=O) groups excluding carboxylic acids is 1. The highest BCUT2D eigenvalue weighted by molar-refractivity contribution is 5.78. The molecule has 7 nitrogen and oxygen atoms in total. The van der Waals surface area contributed by atoms with E-state index >= 15 is 0 Å². The molecule has 0 bridgehead atoms. The van der Waals surface area contributed by atoms with E-state index in [1.165, 1.54) is 13.4 Å². The molecule has 0 aliphatic rings. The van der Waals surface area contributed by atoms with Crippen LogP contribution < -0.4 is 20.7 Å². The van der Waals surface area contributed by atoms with Gasteiger partial charge in [0.25, 0.3) is 0 Å². The standard InChI is InChI=1S/C11H19N5O2/c1-7(11(17)13-2)5-16(3)10-8(18-4)9(12)14-6-15-10/h6-7H,5H2,1-4H3,(H,13,17)(H2,12,14,15). The molecule has 0 aliphatic carbocycles. The monoisotopic (exact) mass is 253 g/mol. The average Bonchev–Trinajstić information content (AvgIpc) is 2.37. The topological polar surface area (TPSA) is 93.4 Å². The fraction of sp³-hybridized carbons (Fsp3) is 0.545. The van der Waals surface area contributed by atoms with E-state index in [1.54, 1.807) is 7.05 Å². The maximum absolute atomic E-state index is 11.5. The SMILES string of the molecule is CNC(=O)C(C)CN(C)c1ncnc(N)c1OC. The summed E-state index contributed by atoms with van der Waals surface area (Å²) >= 11 is 0. The van der Waals surface area contributed by atoms with Gasteiger partial charge in [-0.3, -0.25) is 4.79 Å². The lowest BCUT2D eigenvalue weighted by Gasteiger charge is -2.23. The second-order valence-electron chi connectivity index (χ2n) is 4.01. The molecule has 100 valence electrons. The first-order valence-electron chi connectivity index (χ1n) is 5.58. The van der Waals surface area contributed by atoms with Crippen molar-refractivity contribution in [3.05, 3.63) is 6.33 Å². The van der Waals surface area contributed by atoms with E-state index < -0.39 is 0 Å². The zero-order chi connectivity index (χ0) is 13.7. The molecule has 0 saturated heterocycles. The molecule has 0 aromatic carbocycles. The van der Waals surface area contributed by atoms with Crippen LogP contribution in [-0.4, -0.2) is 43.6 Å². The molecule has 1 aromatic heterocycles. The first-order valence-corrected chi connectivity index (χ1v) is 5.58. The van der Waals surface area contributed by atoms with Crippen LogP contribution in [-0.2, 0) is 4.79 Å². The lowest BCUT2D eigenvalue weighted by molar-refractivity contribution is -0.123. The summed E-state index contributed by atoms with van der Waals surface area (Å²) < 4.78 is 5.17. The van der Waals surface area contributed by atoms with Gasteiger partial charge < -0.3 is 20.7 Å². The number of nitrogens with one attached hydrogen (secondary N) is 1. The number of aromatic nitrogens is 2. The summed E-state index contributed by atoms with van der Waals surface area (Å²) in [6, 6.07) is 0. The van der Waals surface area contributed by atoms with E-state index in [0.717, 1.165) is 0 Å². The maximum Gasteiger partial charge on any atom is 0.224 e. The van der Waals surface area contributed by atoms with Crippen LogP contribution in [0.4, 0.5) is 11.6 Å². The minimum atomic E-state index is -0.166. The van der Waals surface area contributed by atoms with E-state index in [0.29, 0.717) is 18.1 Å². The van der Waals surface area contributed by atoms with Crippen LogP contribution >= 0.6 is 0 Å². The number of hydrogen-bond donors (Lipinski definition) is 2. The first-order chi connectivity index (χ1) is 8.51. The minimum absolute atomic E-state index is 0.0251. The van der Waals surface area contributed by atoms with Crippen molar-refractivity contribution < 1.29 is 9.53 Å². The Morgan fingerprint density at radius 2 is 2.28 bits per heavy atom. The van der Waals surface area contributed by atoms with Crippen molar-refractivity contribution in [3.63, 3.8) is 0 Å². The largest absolute Gasteiger partial charge is 0.490 e. The van der Waals surface area contributed by atoms with Gasteiger partial charge in [0.05, 0.1) is 13.0 Å². The second kappa shape index (κ2) is 6.04. The van der Waals surface area contributed by atoms with Crippen LogP contribution in [0.2, 0.25) is 0 Å². The Kier molecular flexibility index (Phi) is 4.70. The van der Waals surface area contributed by atoms with Crippen LogP contribution in [0.5, 0.6) is 5.75 Å². The highest BCUT2D eigenvalue weighted by Gasteiger charge is 2.18. The van der Waals surface area contributed by atoms with E-state index in [9.17, 15) is 4.79 Å². The summed E-state index contributed by atoms with van der Waals surface area (Å²) in [6.07, 6.45) is 1.37. The summed E-state index contributed by atoms with van der Waals surface area (Å²) in [5.74, 6) is 1.08. The van der Waals surface area contributed by atoms with E-state index in [2.05, 4.69) is 15.3 Å². The molecule has 0 saturated carbocycles. The van der Waals surface area contributed by atoms with Crippen molar-refractivity contribution >= 4 is 17.5 Å². The fourth-order valence-electron chi connectivity index (χ4n) is 1.67. The van der Waals surface area contributed by atoms with E-state index in [-0.39, 0.29) is 17.6 Å². The van der Waals surface area contributed by atoms with Gasteiger partial charge in [-0.1, -0.05) is 6.92 Å². The highest BCUT2D eigenvalue weighted by Crippen LogP contribution is 2.29. The Balaban J connectivity index is 2.87. The third kappa shape index (κ3) is 2.99. The predicted molar refractivity (Wildman–Crippen MR) is 69.5 cm³/mol. The molecule has 3 N–H and O–H groups in total. The van der Waals surface area contributed by atoms with Crippen LogP contribution in [0.15, 0.2) is 6.33 Å².